The van der Waals surface area contributed by atoms with Crippen LogP contribution in [0.5, 0.6) is 17.2 Å². The van der Waals surface area contributed by atoms with Crippen LogP contribution < -0.4 is 14.2 Å². The van der Waals surface area contributed by atoms with E-state index in [4.69, 9.17) is 18.9 Å². The van der Waals surface area contributed by atoms with Crippen LogP contribution in [0.2, 0.25) is 0 Å². The second-order valence-corrected chi connectivity index (χ2v) is 11.0. The minimum absolute atomic E-state index is 0.143. The third-order valence-electron chi connectivity index (χ3n) is 5.44. The van der Waals surface area contributed by atoms with E-state index in [1.54, 1.807) is 57.2 Å². The van der Waals surface area contributed by atoms with Crippen molar-refractivity contribution in [3.8, 4) is 17.2 Å². The van der Waals surface area contributed by atoms with Gasteiger partial charge in [-0.2, -0.15) is 0 Å². The average Bonchev–Trinajstić information content (AvgIpc) is 2.83. The molecule has 37 heavy (non-hydrogen) atoms. The summed E-state index contributed by atoms with van der Waals surface area (Å²) in [5.74, 6) is 1.45. The Labute approximate surface area is 222 Å². The summed E-state index contributed by atoms with van der Waals surface area (Å²) in [6.45, 7) is 16.8. The molecule has 0 saturated carbocycles. The van der Waals surface area contributed by atoms with E-state index in [9.17, 15) is 9.59 Å². The molecule has 0 atom stereocenters. The van der Waals surface area contributed by atoms with Gasteiger partial charge in [0.05, 0.1) is 24.2 Å². The SMILES string of the molecule is CCCOc1ccc(C(C)(C)C)c(OCCC)c1/C=C/C(=O)c1ccc(OCOC(=O)C(C)(C)C)cc1. The van der Waals surface area contributed by atoms with Crippen molar-refractivity contribution in [2.24, 2.45) is 5.41 Å². The lowest BCUT2D eigenvalue weighted by Crippen LogP contribution is -2.24. The molecular weight excluding hydrogens is 468 g/mol. The van der Waals surface area contributed by atoms with Crippen molar-refractivity contribution in [2.75, 3.05) is 20.0 Å². The summed E-state index contributed by atoms with van der Waals surface area (Å²) in [4.78, 5) is 24.9. The van der Waals surface area contributed by atoms with Gasteiger partial charge in [-0.1, -0.05) is 40.7 Å². The van der Waals surface area contributed by atoms with Crippen molar-refractivity contribution in [2.45, 2.75) is 73.6 Å². The van der Waals surface area contributed by atoms with Crippen molar-refractivity contribution < 1.29 is 28.5 Å². The maximum atomic E-state index is 13.0. The number of hydrogen-bond donors (Lipinski definition) is 0. The molecule has 0 aromatic heterocycles. The molecule has 202 valence electrons. The van der Waals surface area contributed by atoms with Gasteiger partial charge in [0, 0.05) is 11.1 Å². The smallest absolute Gasteiger partial charge is 0.314 e. The van der Waals surface area contributed by atoms with E-state index < -0.39 is 5.41 Å². The van der Waals surface area contributed by atoms with Gasteiger partial charge in [-0.15, -0.1) is 0 Å². The van der Waals surface area contributed by atoms with Crippen molar-refractivity contribution in [3.63, 3.8) is 0 Å². The highest BCUT2D eigenvalue weighted by Crippen LogP contribution is 2.40. The largest absolute Gasteiger partial charge is 0.493 e. The molecule has 0 saturated heterocycles. The molecule has 0 aliphatic heterocycles. The molecule has 0 radical (unpaired) electrons. The maximum absolute atomic E-state index is 13.0. The van der Waals surface area contributed by atoms with Crippen molar-refractivity contribution in [1.29, 1.82) is 0 Å². The summed E-state index contributed by atoms with van der Waals surface area (Å²) >= 11 is 0. The first kappa shape index (κ1) is 29.9. The van der Waals surface area contributed by atoms with Crippen LogP contribution in [0.3, 0.4) is 0 Å². The van der Waals surface area contributed by atoms with E-state index in [0.717, 1.165) is 29.7 Å². The lowest BCUT2D eigenvalue weighted by molar-refractivity contribution is -0.159. The molecule has 0 aliphatic rings. The number of ketones is 1. The fourth-order valence-electron chi connectivity index (χ4n) is 3.37. The Bertz CT molecular complexity index is 1070. The summed E-state index contributed by atoms with van der Waals surface area (Å²) in [6.07, 6.45) is 5.07. The molecule has 0 heterocycles. The quantitative estimate of drug-likeness (QED) is 0.128. The third kappa shape index (κ3) is 8.96. The van der Waals surface area contributed by atoms with Crippen LogP contribution in [-0.2, 0) is 14.9 Å². The molecule has 0 spiro atoms. The van der Waals surface area contributed by atoms with Crippen molar-refractivity contribution in [1.82, 2.24) is 0 Å². The number of allylic oxidation sites excluding steroid dienone is 1. The van der Waals surface area contributed by atoms with Crippen LogP contribution in [0.25, 0.3) is 6.08 Å². The first-order valence-electron chi connectivity index (χ1n) is 12.9. The first-order valence-corrected chi connectivity index (χ1v) is 12.9. The van der Waals surface area contributed by atoms with E-state index in [1.807, 2.05) is 12.1 Å². The monoisotopic (exact) mass is 510 g/mol. The Hall–Kier alpha value is -3.28. The fraction of sp³-hybridized carbons (Fsp3) is 0.484. The first-order chi connectivity index (χ1) is 17.4. The summed E-state index contributed by atoms with van der Waals surface area (Å²) < 4.78 is 22.8. The molecule has 0 N–H and O–H groups in total. The molecule has 0 aliphatic carbocycles. The minimum Gasteiger partial charge on any atom is -0.493 e. The van der Waals surface area contributed by atoms with Crippen LogP contribution >= 0.6 is 0 Å². The Kier molecular flexibility index (Phi) is 10.8. The fourth-order valence-corrected chi connectivity index (χ4v) is 3.37. The molecule has 6 nitrogen and oxygen atoms in total. The Balaban J connectivity index is 2.25. The molecule has 0 bridgehead atoms. The van der Waals surface area contributed by atoms with Crippen LogP contribution in [0.4, 0.5) is 0 Å². The lowest BCUT2D eigenvalue weighted by atomic mass is 9.84. The van der Waals surface area contributed by atoms with E-state index in [0.29, 0.717) is 30.3 Å². The van der Waals surface area contributed by atoms with E-state index in [-0.39, 0.29) is 24.0 Å². The summed E-state index contributed by atoms with van der Waals surface area (Å²) in [7, 11) is 0. The molecule has 6 heteroatoms. The van der Waals surface area contributed by atoms with Crippen molar-refractivity contribution >= 4 is 17.8 Å². The minimum atomic E-state index is -0.596. The zero-order valence-corrected chi connectivity index (χ0v) is 23.6. The zero-order chi connectivity index (χ0) is 27.6. The van der Waals surface area contributed by atoms with Gasteiger partial charge in [0.15, 0.2) is 5.78 Å². The summed E-state index contributed by atoms with van der Waals surface area (Å²) in [5, 5.41) is 0. The Morgan fingerprint density at radius 3 is 2.00 bits per heavy atom. The third-order valence-corrected chi connectivity index (χ3v) is 5.44. The highest BCUT2D eigenvalue weighted by molar-refractivity contribution is 6.07. The van der Waals surface area contributed by atoms with Gasteiger partial charge in [-0.05, 0) is 81.5 Å². The zero-order valence-electron chi connectivity index (χ0n) is 23.6. The summed E-state index contributed by atoms with van der Waals surface area (Å²) in [6, 6.07) is 10.7. The number of benzene rings is 2. The van der Waals surface area contributed by atoms with Crippen molar-refractivity contribution in [3.05, 3.63) is 59.2 Å². The van der Waals surface area contributed by atoms with Crippen LogP contribution in [-0.4, -0.2) is 31.8 Å². The van der Waals surface area contributed by atoms with Gasteiger partial charge in [-0.3, -0.25) is 9.59 Å². The Morgan fingerprint density at radius 1 is 0.811 bits per heavy atom. The van der Waals surface area contributed by atoms with Crippen LogP contribution in [0, 0.1) is 5.41 Å². The second kappa shape index (κ2) is 13.3. The highest BCUT2D eigenvalue weighted by atomic mass is 16.7. The van der Waals surface area contributed by atoms with Gasteiger partial charge in [0.2, 0.25) is 6.79 Å². The van der Waals surface area contributed by atoms with Crippen LogP contribution in [0.15, 0.2) is 42.5 Å². The molecule has 0 fully saturated rings. The van der Waals surface area contributed by atoms with Gasteiger partial charge in [-0.25, -0.2) is 0 Å². The molecule has 0 unspecified atom stereocenters. The number of rotatable bonds is 12. The number of ether oxygens (including phenoxy) is 4. The molecule has 2 rings (SSSR count). The standard InChI is InChI=1S/C31H42O6/c1-9-19-34-27-18-16-25(30(3,4)5)28(35-20-10-2)24(27)15-17-26(32)22-11-13-23(14-12-22)36-21-37-29(33)31(6,7)8/h11-18H,9-10,19-21H2,1-8H3/b17-15+. The average molecular weight is 511 g/mol. The lowest BCUT2D eigenvalue weighted by Gasteiger charge is -2.25. The van der Waals surface area contributed by atoms with E-state index in [2.05, 4.69) is 34.6 Å². The van der Waals surface area contributed by atoms with E-state index in [1.165, 1.54) is 0 Å². The maximum Gasteiger partial charge on any atom is 0.314 e. The normalized spacial score (nSPS) is 11.9. The number of carbonyl (C=O) groups excluding carboxylic acids is 2. The molecular formula is C31H42O6. The highest BCUT2D eigenvalue weighted by Gasteiger charge is 2.24. The Morgan fingerprint density at radius 2 is 1.43 bits per heavy atom. The molecule has 2 aromatic rings. The molecule has 0 amide bonds. The number of hydrogen-bond acceptors (Lipinski definition) is 6. The van der Waals surface area contributed by atoms with Gasteiger partial charge in [0.1, 0.15) is 17.2 Å². The van der Waals surface area contributed by atoms with Gasteiger partial charge < -0.3 is 18.9 Å². The van der Waals surface area contributed by atoms with Crippen LogP contribution in [0.1, 0.15) is 89.7 Å². The summed E-state index contributed by atoms with van der Waals surface area (Å²) in [5.41, 5.74) is 1.60. The van der Waals surface area contributed by atoms with Gasteiger partial charge >= 0.3 is 5.97 Å². The predicted molar refractivity (Wildman–Crippen MR) is 148 cm³/mol. The predicted octanol–water partition coefficient (Wildman–Crippen LogP) is 7.38. The topological polar surface area (TPSA) is 71.1 Å². The number of carbonyl (C=O) groups is 2. The van der Waals surface area contributed by atoms with E-state index >= 15 is 0 Å². The number of esters is 1. The molecule has 2 aromatic carbocycles. The second-order valence-electron chi connectivity index (χ2n) is 11.0. The van der Waals surface area contributed by atoms with Gasteiger partial charge in [0.25, 0.3) is 0 Å².